The predicted octanol–water partition coefficient (Wildman–Crippen LogP) is 5.72. The number of hydrogen-bond acceptors (Lipinski definition) is 4. The number of aliphatic carboxylic acids is 1. The fraction of sp³-hybridized carbons (Fsp3) is 0.125. The smallest absolute Gasteiger partial charge is 0.303 e. The number of benzene rings is 3. The van der Waals surface area contributed by atoms with Gasteiger partial charge in [0.25, 0.3) is 0 Å². The summed E-state index contributed by atoms with van der Waals surface area (Å²) in [5.41, 5.74) is 2.15. The van der Waals surface area contributed by atoms with Crippen LogP contribution >= 0.6 is 27.7 Å². The van der Waals surface area contributed by atoms with Gasteiger partial charge in [-0.15, -0.1) is 11.8 Å². The van der Waals surface area contributed by atoms with Crippen LogP contribution in [0.25, 0.3) is 0 Å². The maximum Gasteiger partial charge on any atom is 0.303 e. The Bertz CT molecular complexity index is 1070. The minimum Gasteiger partial charge on any atom is -0.481 e. The summed E-state index contributed by atoms with van der Waals surface area (Å²) in [7, 11) is 0. The minimum atomic E-state index is -1.01. The first-order valence-electron chi connectivity index (χ1n) is 9.80. The van der Waals surface area contributed by atoms with Crippen LogP contribution in [0.15, 0.2) is 88.2 Å². The fourth-order valence-corrected chi connectivity index (χ4v) is 4.13. The van der Waals surface area contributed by atoms with E-state index < -0.39 is 11.2 Å². The van der Waals surface area contributed by atoms with Crippen LogP contribution in [0.1, 0.15) is 23.7 Å². The topological polar surface area (TPSA) is 95.5 Å². The molecule has 3 rings (SSSR count). The highest BCUT2D eigenvalue weighted by Crippen LogP contribution is 2.36. The van der Waals surface area contributed by atoms with Crippen molar-refractivity contribution in [2.45, 2.75) is 23.0 Å². The van der Waals surface area contributed by atoms with Crippen LogP contribution in [0, 0.1) is 0 Å². The van der Waals surface area contributed by atoms with Gasteiger partial charge >= 0.3 is 5.97 Å². The monoisotopic (exact) mass is 512 g/mol. The molecule has 0 bridgehead atoms. The van der Waals surface area contributed by atoms with Gasteiger partial charge in [0.05, 0.1) is 6.42 Å². The van der Waals surface area contributed by atoms with E-state index in [1.54, 1.807) is 12.1 Å². The highest BCUT2D eigenvalue weighted by Gasteiger charge is 2.22. The number of carboxylic acid groups (broad SMARTS) is 1. The number of carboxylic acids is 1. The fourth-order valence-electron chi connectivity index (χ4n) is 2.84. The van der Waals surface area contributed by atoms with Crippen LogP contribution in [-0.4, -0.2) is 22.9 Å². The van der Waals surface area contributed by atoms with E-state index in [1.807, 2.05) is 66.7 Å². The maximum absolute atomic E-state index is 13.1. The van der Waals surface area contributed by atoms with Gasteiger partial charge in [-0.25, -0.2) is 0 Å². The Balaban J connectivity index is 1.70. The van der Waals surface area contributed by atoms with Crippen molar-refractivity contribution in [3.05, 3.63) is 88.9 Å². The second-order valence-corrected chi connectivity index (χ2v) is 8.97. The van der Waals surface area contributed by atoms with Gasteiger partial charge < -0.3 is 15.7 Å². The molecule has 0 aliphatic heterocycles. The third kappa shape index (κ3) is 7.25. The molecule has 3 aromatic carbocycles. The number of hydrogen-bond donors (Lipinski definition) is 3. The Kier molecular flexibility index (Phi) is 8.47. The second-order valence-electron chi connectivity index (χ2n) is 6.87. The van der Waals surface area contributed by atoms with Gasteiger partial charge in [-0.3, -0.25) is 14.4 Å². The van der Waals surface area contributed by atoms with Gasteiger partial charge in [0.1, 0.15) is 5.25 Å². The van der Waals surface area contributed by atoms with Crippen molar-refractivity contribution in [1.82, 2.24) is 0 Å². The Morgan fingerprint density at radius 2 is 1.41 bits per heavy atom. The van der Waals surface area contributed by atoms with Crippen molar-refractivity contribution >= 4 is 56.9 Å². The molecule has 0 saturated heterocycles. The Morgan fingerprint density at radius 1 is 0.812 bits per heavy atom. The Hall–Kier alpha value is -3.10. The number of halogens is 1. The summed E-state index contributed by atoms with van der Waals surface area (Å²) in [6, 6.07) is 24.0. The lowest BCUT2D eigenvalue weighted by atomic mass is 10.1. The van der Waals surface area contributed by atoms with Gasteiger partial charge in [0.2, 0.25) is 11.8 Å². The summed E-state index contributed by atoms with van der Waals surface area (Å²) in [5, 5.41) is 13.8. The lowest BCUT2D eigenvalue weighted by molar-refractivity contribution is -0.138. The van der Waals surface area contributed by atoms with Crippen LogP contribution in [0.3, 0.4) is 0 Å². The first kappa shape index (κ1) is 23.6. The standard InChI is InChI=1S/C24H21BrN2O4S/c25-17-6-8-19(9-7-17)27-24(31)23(16-4-2-1-3-5-16)32-20-12-10-18(11-13-20)26-21(28)14-15-22(29)30/h1-13,23H,14-15H2,(H,26,28)(H,27,31)(H,29,30). The molecule has 1 atom stereocenters. The highest BCUT2D eigenvalue weighted by atomic mass is 79.9. The average molecular weight is 513 g/mol. The van der Waals surface area contributed by atoms with Crippen LogP contribution < -0.4 is 10.6 Å². The summed E-state index contributed by atoms with van der Waals surface area (Å²) >= 11 is 4.79. The zero-order chi connectivity index (χ0) is 22.9. The highest BCUT2D eigenvalue weighted by molar-refractivity contribution is 9.10. The molecule has 0 fully saturated rings. The lowest BCUT2D eigenvalue weighted by Crippen LogP contribution is -2.19. The molecule has 3 N–H and O–H groups in total. The molecule has 32 heavy (non-hydrogen) atoms. The molecular weight excluding hydrogens is 492 g/mol. The Labute approximate surface area is 198 Å². The molecule has 0 radical (unpaired) electrons. The van der Waals surface area contributed by atoms with E-state index in [0.717, 1.165) is 14.9 Å². The normalized spacial score (nSPS) is 11.4. The molecule has 0 aromatic heterocycles. The van der Waals surface area contributed by atoms with Crippen molar-refractivity contribution in [2.24, 2.45) is 0 Å². The van der Waals surface area contributed by atoms with Crippen molar-refractivity contribution in [2.75, 3.05) is 10.6 Å². The first-order valence-corrected chi connectivity index (χ1v) is 11.5. The lowest BCUT2D eigenvalue weighted by Gasteiger charge is -2.17. The molecule has 8 heteroatoms. The molecule has 0 aliphatic carbocycles. The van der Waals surface area contributed by atoms with E-state index in [1.165, 1.54) is 11.8 Å². The molecule has 0 heterocycles. The summed E-state index contributed by atoms with van der Waals surface area (Å²) in [6.07, 6.45) is -0.301. The zero-order valence-electron chi connectivity index (χ0n) is 17.0. The molecule has 2 amide bonds. The van der Waals surface area contributed by atoms with Crippen molar-refractivity contribution < 1.29 is 19.5 Å². The van der Waals surface area contributed by atoms with E-state index in [4.69, 9.17) is 5.11 Å². The quantitative estimate of drug-likeness (QED) is 0.318. The molecule has 1 unspecified atom stereocenters. The summed E-state index contributed by atoms with van der Waals surface area (Å²) < 4.78 is 0.930. The van der Waals surface area contributed by atoms with E-state index >= 15 is 0 Å². The number of rotatable bonds is 9. The maximum atomic E-state index is 13.1. The van der Waals surface area contributed by atoms with Gasteiger partial charge in [0, 0.05) is 27.2 Å². The Morgan fingerprint density at radius 3 is 2.03 bits per heavy atom. The number of amides is 2. The van der Waals surface area contributed by atoms with Gasteiger partial charge in [-0.05, 0) is 54.1 Å². The van der Waals surface area contributed by atoms with E-state index in [-0.39, 0.29) is 24.7 Å². The second kappa shape index (κ2) is 11.5. The van der Waals surface area contributed by atoms with E-state index in [9.17, 15) is 14.4 Å². The minimum absolute atomic E-state index is 0.0852. The molecule has 6 nitrogen and oxygen atoms in total. The predicted molar refractivity (Wildman–Crippen MR) is 130 cm³/mol. The molecule has 0 saturated carbocycles. The summed E-state index contributed by atoms with van der Waals surface area (Å²) in [4.78, 5) is 36.3. The molecule has 0 spiro atoms. The third-order valence-electron chi connectivity index (χ3n) is 4.41. The SMILES string of the molecule is O=C(O)CCC(=O)Nc1ccc(SC(C(=O)Nc2ccc(Br)cc2)c2ccccc2)cc1. The first-order chi connectivity index (χ1) is 15.4. The van der Waals surface area contributed by atoms with Crippen molar-refractivity contribution in [3.63, 3.8) is 0 Å². The van der Waals surface area contributed by atoms with Crippen molar-refractivity contribution in [1.29, 1.82) is 0 Å². The van der Waals surface area contributed by atoms with E-state index in [2.05, 4.69) is 26.6 Å². The zero-order valence-corrected chi connectivity index (χ0v) is 19.4. The largest absolute Gasteiger partial charge is 0.481 e. The van der Waals surface area contributed by atoms with Gasteiger partial charge in [-0.1, -0.05) is 46.3 Å². The van der Waals surface area contributed by atoms with E-state index in [0.29, 0.717) is 11.4 Å². The molecule has 3 aromatic rings. The average Bonchev–Trinajstić information content (AvgIpc) is 2.79. The van der Waals surface area contributed by atoms with Crippen molar-refractivity contribution in [3.8, 4) is 0 Å². The number of carbonyl (C=O) groups is 3. The van der Waals surface area contributed by atoms with Crippen LogP contribution in [0.4, 0.5) is 11.4 Å². The molecular formula is C24H21BrN2O4S. The molecule has 0 aliphatic rings. The van der Waals surface area contributed by atoms with Gasteiger partial charge in [0.15, 0.2) is 0 Å². The number of anilines is 2. The van der Waals surface area contributed by atoms with Gasteiger partial charge in [-0.2, -0.15) is 0 Å². The summed E-state index contributed by atoms with van der Waals surface area (Å²) in [5.74, 6) is -1.52. The number of thioether (sulfide) groups is 1. The van der Waals surface area contributed by atoms with Crippen LogP contribution in [0.5, 0.6) is 0 Å². The molecule has 164 valence electrons. The van der Waals surface area contributed by atoms with Crippen LogP contribution in [0.2, 0.25) is 0 Å². The number of carbonyl (C=O) groups excluding carboxylic acids is 2. The third-order valence-corrected chi connectivity index (χ3v) is 6.21. The van der Waals surface area contributed by atoms with Crippen LogP contribution in [-0.2, 0) is 14.4 Å². The number of nitrogens with one attached hydrogen (secondary N) is 2. The summed E-state index contributed by atoms with van der Waals surface area (Å²) in [6.45, 7) is 0.